The van der Waals surface area contributed by atoms with Gasteiger partial charge in [0, 0.05) is 12.1 Å². The van der Waals surface area contributed by atoms with Crippen LogP contribution in [0.3, 0.4) is 0 Å². The first-order valence-corrected chi connectivity index (χ1v) is 6.45. The van der Waals surface area contributed by atoms with Crippen molar-refractivity contribution in [3.63, 3.8) is 0 Å². The van der Waals surface area contributed by atoms with E-state index in [1.165, 1.54) is 5.56 Å². The molecule has 3 N–H and O–H groups in total. The molecule has 0 fully saturated rings. The van der Waals surface area contributed by atoms with E-state index in [9.17, 15) is 0 Å². The number of benzene rings is 1. The summed E-state index contributed by atoms with van der Waals surface area (Å²) in [7, 11) is 0. The maximum Gasteiger partial charge on any atom is 0.103 e. The monoisotopic (exact) mass is 243 g/mol. The first-order valence-electron chi connectivity index (χ1n) is 6.45. The predicted molar refractivity (Wildman–Crippen MR) is 75.2 cm³/mol. The Kier molecular flexibility index (Phi) is 3.82. The molecule has 0 saturated heterocycles. The molecule has 0 atom stereocenters. The Balaban J connectivity index is 2.28. The van der Waals surface area contributed by atoms with Crippen LogP contribution < -0.4 is 5.73 Å². The summed E-state index contributed by atoms with van der Waals surface area (Å²) in [5.41, 5.74) is 10.2. The molecule has 0 radical (unpaired) electrons. The van der Waals surface area contributed by atoms with Crippen molar-refractivity contribution in [2.45, 2.75) is 33.7 Å². The van der Waals surface area contributed by atoms with E-state index in [0.717, 1.165) is 29.2 Å². The Labute approximate surface area is 108 Å². The first kappa shape index (κ1) is 12.8. The fraction of sp³-hybridized carbons (Fsp3) is 0.400. The van der Waals surface area contributed by atoms with Crippen LogP contribution in [-0.4, -0.2) is 9.97 Å². The van der Waals surface area contributed by atoms with Crippen molar-refractivity contribution in [2.24, 2.45) is 11.7 Å². The molecule has 2 aromatic rings. The molecule has 0 spiro atoms. The minimum absolute atomic E-state index is 0.490. The molecule has 0 amide bonds. The van der Waals surface area contributed by atoms with E-state index in [4.69, 9.17) is 5.73 Å². The quantitative estimate of drug-likeness (QED) is 0.867. The fourth-order valence-electron chi connectivity index (χ4n) is 2.20. The third-order valence-electron chi connectivity index (χ3n) is 2.97. The number of hydrogen-bond acceptors (Lipinski definition) is 2. The van der Waals surface area contributed by atoms with Gasteiger partial charge in [0.2, 0.25) is 0 Å². The number of nitrogens with two attached hydrogens (primary N) is 1. The van der Waals surface area contributed by atoms with Crippen molar-refractivity contribution in [2.75, 3.05) is 0 Å². The van der Waals surface area contributed by atoms with Crippen molar-refractivity contribution >= 4 is 0 Å². The van der Waals surface area contributed by atoms with Crippen molar-refractivity contribution in [3.8, 4) is 11.3 Å². The summed E-state index contributed by atoms with van der Waals surface area (Å²) in [5.74, 6) is 1.60. The number of nitrogens with one attached hydrogen (secondary N) is 1. The molecule has 0 bridgehead atoms. The molecule has 0 unspecified atom stereocenters. The lowest BCUT2D eigenvalue weighted by atomic mass is 10.0. The Morgan fingerprint density at radius 3 is 2.44 bits per heavy atom. The molecular formula is C15H21N3. The zero-order valence-corrected chi connectivity index (χ0v) is 11.3. The smallest absolute Gasteiger partial charge is 0.103 e. The molecular weight excluding hydrogens is 222 g/mol. The fourth-order valence-corrected chi connectivity index (χ4v) is 2.20. The van der Waals surface area contributed by atoms with Crippen LogP contribution in [0.2, 0.25) is 0 Å². The molecule has 1 aromatic heterocycles. The van der Waals surface area contributed by atoms with Gasteiger partial charge in [-0.1, -0.05) is 38.1 Å². The molecule has 18 heavy (non-hydrogen) atoms. The Hall–Kier alpha value is -1.61. The summed E-state index contributed by atoms with van der Waals surface area (Å²) in [5, 5.41) is 0. The highest BCUT2D eigenvalue weighted by Gasteiger charge is 2.09. The number of aryl methyl sites for hydroxylation is 1. The second kappa shape index (κ2) is 5.36. The van der Waals surface area contributed by atoms with Crippen molar-refractivity contribution in [1.29, 1.82) is 0 Å². The molecule has 3 nitrogen and oxygen atoms in total. The van der Waals surface area contributed by atoms with Crippen LogP contribution in [0.15, 0.2) is 24.3 Å². The van der Waals surface area contributed by atoms with Gasteiger partial charge in [-0.2, -0.15) is 0 Å². The van der Waals surface area contributed by atoms with E-state index in [1.54, 1.807) is 0 Å². The number of nitrogens with zero attached hydrogens (tertiary/aromatic N) is 1. The van der Waals surface area contributed by atoms with Crippen LogP contribution in [0, 0.1) is 12.8 Å². The van der Waals surface area contributed by atoms with Crippen molar-refractivity contribution in [1.82, 2.24) is 9.97 Å². The molecule has 0 aliphatic rings. The second-order valence-electron chi connectivity index (χ2n) is 5.15. The number of H-pyrrole nitrogens is 1. The average molecular weight is 243 g/mol. The molecule has 2 rings (SSSR count). The summed E-state index contributed by atoms with van der Waals surface area (Å²) in [4.78, 5) is 7.71. The normalized spacial score (nSPS) is 11.2. The third kappa shape index (κ3) is 2.79. The zero-order valence-electron chi connectivity index (χ0n) is 11.3. The van der Waals surface area contributed by atoms with Crippen LogP contribution in [0.1, 0.15) is 30.9 Å². The lowest BCUT2D eigenvalue weighted by Gasteiger charge is -2.06. The zero-order chi connectivity index (χ0) is 13.1. The third-order valence-corrected chi connectivity index (χ3v) is 2.97. The molecule has 3 heteroatoms. The van der Waals surface area contributed by atoms with E-state index >= 15 is 0 Å². The van der Waals surface area contributed by atoms with Gasteiger partial charge in [-0.3, -0.25) is 0 Å². The van der Waals surface area contributed by atoms with E-state index < -0.39 is 0 Å². The molecule has 0 aliphatic heterocycles. The summed E-state index contributed by atoms with van der Waals surface area (Å²) >= 11 is 0. The number of rotatable bonds is 4. The van der Waals surface area contributed by atoms with Crippen LogP contribution in [-0.2, 0) is 13.0 Å². The van der Waals surface area contributed by atoms with E-state index in [0.29, 0.717) is 12.5 Å². The van der Waals surface area contributed by atoms with Gasteiger partial charge in [-0.15, -0.1) is 0 Å². The van der Waals surface area contributed by atoms with E-state index in [2.05, 4.69) is 48.1 Å². The number of imidazole rings is 1. The van der Waals surface area contributed by atoms with E-state index in [-0.39, 0.29) is 0 Å². The highest BCUT2D eigenvalue weighted by molar-refractivity contribution is 5.62. The molecule has 96 valence electrons. The van der Waals surface area contributed by atoms with Gasteiger partial charge >= 0.3 is 0 Å². The second-order valence-corrected chi connectivity index (χ2v) is 5.15. The maximum atomic E-state index is 5.73. The number of aromatic nitrogens is 2. The Morgan fingerprint density at radius 2 is 1.89 bits per heavy atom. The van der Waals surface area contributed by atoms with Gasteiger partial charge in [-0.05, 0) is 24.8 Å². The SMILES string of the molecule is Cc1nc(-c2ccc(CC(C)C)cc2)c(CN)[nH]1. The number of hydrogen-bond donors (Lipinski definition) is 2. The average Bonchev–Trinajstić information content (AvgIpc) is 2.71. The van der Waals surface area contributed by atoms with Gasteiger partial charge in [0.15, 0.2) is 0 Å². The standard InChI is InChI=1S/C15H21N3/c1-10(2)8-12-4-6-13(7-5-12)15-14(9-16)17-11(3)18-15/h4-7,10H,8-9,16H2,1-3H3,(H,17,18). The maximum absolute atomic E-state index is 5.73. The lowest BCUT2D eigenvalue weighted by molar-refractivity contribution is 0.647. The highest BCUT2D eigenvalue weighted by Crippen LogP contribution is 2.22. The van der Waals surface area contributed by atoms with Crippen LogP contribution in [0.4, 0.5) is 0 Å². The predicted octanol–water partition coefficient (Wildman–Crippen LogP) is 3.04. The van der Waals surface area contributed by atoms with Gasteiger partial charge < -0.3 is 10.7 Å². The van der Waals surface area contributed by atoms with Crippen LogP contribution >= 0.6 is 0 Å². The largest absolute Gasteiger partial charge is 0.345 e. The van der Waals surface area contributed by atoms with Gasteiger partial charge in [0.05, 0.1) is 11.4 Å². The first-order chi connectivity index (χ1) is 8.60. The van der Waals surface area contributed by atoms with Gasteiger partial charge in [0.1, 0.15) is 5.82 Å². The Bertz CT molecular complexity index is 509. The van der Waals surface area contributed by atoms with Crippen molar-refractivity contribution < 1.29 is 0 Å². The van der Waals surface area contributed by atoms with Crippen molar-refractivity contribution in [3.05, 3.63) is 41.3 Å². The summed E-state index contributed by atoms with van der Waals surface area (Å²) < 4.78 is 0. The highest BCUT2D eigenvalue weighted by atomic mass is 14.9. The summed E-state index contributed by atoms with van der Waals surface area (Å²) in [6, 6.07) is 8.62. The molecule has 0 aliphatic carbocycles. The summed E-state index contributed by atoms with van der Waals surface area (Å²) in [6.45, 7) is 6.91. The number of aromatic amines is 1. The minimum Gasteiger partial charge on any atom is -0.345 e. The summed E-state index contributed by atoms with van der Waals surface area (Å²) in [6.07, 6.45) is 1.11. The van der Waals surface area contributed by atoms with Crippen LogP contribution in [0.25, 0.3) is 11.3 Å². The van der Waals surface area contributed by atoms with Gasteiger partial charge in [0.25, 0.3) is 0 Å². The lowest BCUT2D eigenvalue weighted by Crippen LogP contribution is -1.99. The van der Waals surface area contributed by atoms with Gasteiger partial charge in [-0.25, -0.2) is 4.98 Å². The van der Waals surface area contributed by atoms with Crippen LogP contribution in [0.5, 0.6) is 0 Å². The van der Waals surface area contributed by atoms with E-state index in [1.807, 2.05) is 6.92 Å². The topological polar surface area (TPSA) is 54.7 Å². The minimum atomic E-state index is 0.490. The molecule has 1 heterocycles. The molecule has 0 saturated carbocycles. The Morgan fingerprint density at radius 1 is 1.22 bits per heavy atom. The molecule has 1 aromatic carbocycles.